The number of nitrogens with zero attached hydrogens (tertiary/aromatic N) is 4. The average molecular weight is 501 g/mol. The lowest BCUT2D eigenvalue weighted by atomic mass is 10.2. The van der Waals surface area contributed by atoms with Crippen molar-refractivity contribution in [2.45, 2.75) is 17.5 Å². The summed E-state index contributed by atoms with van der Waals surface area (Å²) in [6.45, 7) is 0.417. The zero-order valence-electron chi connectivity index (χ0n) is 17.6. The van der Waals surface area contributed by atoms with Crippen LogP contribution in [0.15, 0.2) is 78.3 Å². The van der Waals surface area contributed by atoms with E-state index in [2.05, 4.69) is 9.97 Å². The van der Waals surface area contributed by atoms with Gasteiger partial charge in [0.15, 0.2) is 5.16 Å². The van der Waals surface area contributed by atoms with E-state index in [1.807, 2.05) is 24.3 Å². The molecule has 168 valence electrons. The van der Waals surface area contributed by atoms with Crippen molar-refractivity contribution in [2.24, 2.45) is 0 Å². The Labute approximate surface area is 205 Å². The molecule has 1 amide bonds. The molecule has 9 heteroatoms. The van der Waals surface area contributed by atoms with E-state index in [-0.39, 0.29) is 17.5 Å². The van der Waals surface area contributed by atoms with Gasteiger partial charge in [0.25, 0.3) is 5.91 Å². The van der Waals surface area contributed by atoms with E-state index in [0.717, 1.165) is 11.3 Å². The topological polar surface area (TPSA) is 51.0 Å². The molecule has 0 aliphatic rings. The summed E-state index contributed by atoms with van der Waals surface area (Å²) in [5.74, 6) is -0.325. The summed E-state index contributed by atoms with van der Waals surface area (Å²) in [5.41, 5.74) is 2.45. The Balaban J connectivity index is 1.66. The van der Waals surface area contributed by atoms with Gasteiger partial charge in [0.2, 0.25) is 0 Å². The first-order valence-electron chi connectivity index (χ1n) is 9.98. The zero-order valence-corrected chi connectivity index (χ0v) is 19.9. The van der Waals surface area contributed by atoms with E-state index in [9.17, 15) is 9.18 Å². The number of carbonyl (C=O) groups is 1. The second-order valence-corrected chi connectivity index (χ2v) is 9.03. The Morgan fingerprint density at radius 1 is 1.09 bits per heavy atom. The molecule has 0 atom stereocenters. The van der Waals surface area contributed by atoms with Crippen LogP contribution in [0.25, 0.3) is 5.69 Å². The van der Waals surface area contributed by atoms with Crippen molar-refractivity contribution in [3.63, 3.8) is 0 Å². The van der Waals surface area contributed by atoms with Crippen molar-refractivity contribution in [1.29, 1.82) is 0 Å². The highest BCUT2D eigenvalue weighted by atomic mass is 35.5. The van der Waals surface area contributed by atoms with Gasteiger partial charge in [-0.1, -0.05) is 41.0 Å². The smallest absolute Gasteiger partial charge is 0.272 e. The fourth-order valence-electron chi connectivity index (χ4n) is 3.26. The van der Waals surface area contributed by atoms with Crippen molar-refractivity contribution in [3.05, 3.63) is 106 Å². The molecule has 0 fully saturated rings. The summed E-state index contributed by atoms with van der Waals surface area (Å²) in [6.07, 6.45) is 4.91. The second kappa shape index (κ2) is 10.4. The summed E-state index contributed by atoms with van der Waals surface area (Å²) >= 11 is 13.5. The molecule has 0 saturated heterocycles. The second-order valence-electron chi connectivity index (χ2n) is 7.24. The van der Waals surface area contributed by atoms with E-state index >= 15 is 0 Å². The van der Waals surface area contributed by atoms with E-state index in [1.54, 1.807) is 53.2 Å². The molecule has 2 aromatic carbocycles. The van der Waals surface area contributed by atoms with Gasteiger partial charge in [-0.15, -0.1) is 0 Å². The van der Waals surface area contributed by atoms with Crippen LogP contribution in [-0.4, -0.2) is 32.4 Å². The molecule has 0 unspecified atom stereocenters. The van der Waals surface area contributed by atoms with Crippen molar-refractivity contribution in [1.82, 2.24) is 19.4 Å². The molecular formula is C24H19Cl2FN4OS. The van der Waals surface area contributed by atoms with Crippen LogP contribution in [0.2, 0.25) is 10.0 Å². The Hall–Kier alpha value is -2.87. The standard InChI is InChI=1S/C24H19Cl2FN4OS/c1-30(14-16-9-11-28-12-10-16)23(32)22-13-29-24(31(22)18-7-5-17(25)6-8-18)33-15-19-20(26)3-2-4-21(19)27/h2-13H,14-15H2,1H3. The third-order valence-electron chi connectivity index (χ3n) is 4.96. The quantitative estimate of drug-likeness (QED) is 0.280. The van der Waals surface area contributed by atoms with Crippen molar-refractivity contribution in [3.8, 4) is 5.69 Å². The van der Waals surface area contributed by atoms with Crippen LogP contribution in [0.1, 0.15) is 21.6 Å². The highest BCUT2D eigenvalue weighted by Gasteiger charge is 2.22. The summed E-state index contributed by atoms with van der Waals surface area (Å²) in [5, 5.41) is 1.46. The van der Waals surface area contributed by atoms with Gasteiger partial charge in [-0.05, 0) is 54.1 Å². The normalized spacial score (nSPS) is 10.9. The van der Waals surface area contributed by atoms with Crippen molar-refractivity contribution in [2.75, 3.05) is 7.05 Å². The molecule has 0 N–H and O–H groups in total. The minimum atomic E-state index is -0.381. The first-order valence-corrected chi connectivity index (χ1v) is 11.7. The molecule has 33 heavy (non-hydrogen) atoms. The Morgan fingerprint density at radius 2 is 1.82 bits per heavy atom. The van der Waals surface area contributed by atoms with Gasteiger partial charge in [-0.25, -0.2) is 9.37 Å². The van der Waals surface area contributed by atoms with Crippen molar-refractivity contribution >= 4 is 40.9 Å². The molecule has 0 aliphatic carbocycles. The average Bonchev–Trinajstić information content (AvgIpc) is 3.23. The Morgan fingerprint density at radius 3 is 2.52 bits per heavy atom. The summed E-state index contributed by atoms with van der Waals surface area (Å²) < 4.78 is 16.0. The maximum absolute atomic E-state index is 14.3. The van der Waals surface area contributed by atoms with Crippen LogP contribution >= 0.6 is 35.0 Å². The van der Waals surface area contributed by atoms with Gasteiger partial charge in [-0.2, -0.15) is 0 Å². The van der Waals surface area contributed by atoms with Crippen LogP contribution in [0.3, 0.4) is 0 Å². The molecule has 0 aliphatic heterocycles. The monoisotopic (exact) mass is 500 g/mol. The third-order valence-corrected chi connectivity index (χ3v) is 6.54. The number of amides is 1. The maximum Gasteiger partial charge on any atom is 0.272 e. The molecule has 2 heterocycles. The lowest BCUT2D eigenvalue weighted by Gasteiger charge is -2.19. The SMILES string of the molecule is CN(Cc1ccncc1)C(=O)c1cnc(SCc2c(F)cccc2Cl)n1-c1ccc(Cl)cc1. The summed E-state index contributed by atoms with van der Waals surface area (Å²) in [4.78, 5) is 23.4. The van der Waals surface area contributed by atoms with E-state index in [1.165, 1.54) is 24.0 Å². The number of halogens is 3. The number of aromatic nitrogens is 3. The molecular weight excluding hydrogens is 482 g/mol. The van der Waals surface area contributed by atoms with Crippen LogP contribution in [0, 0.1) is 5.82 Å². The van der Waals surface area contributed by atoms with Crippen LogP contribution in [-0.2, 0) is 12.3 Å². The molecule has 0 spiro atoms. The van der Waals surface area contributed by atoms with E-state index in [4.69, 9.17) is 23.2 Å². The number of hydrogen-bond donors (Lipinski definition) is 0. The fourth-order valence-corrected chi connectivity index (χ4v) is 4.73. The van der Waals surface area contributed by atoms with Gasteiger partial charge in [-0.3, -0.25) is 14.3 Å². The molecule has 0 radical (unpaired) electrons. The molecule has 2 aromatic heterocycles. The molecule has 4 rings (SSSR count). The highest BCUT2D eigenvalue weighted by molar-refractivity contribution is 7.98. The molecule has 0 bridgehead atoms. The number of imidazole rings is 1. The van der Waals surface area contributed by atoms with Gasteiger partial charge in [0.05, 0.1) is 6.20 Å². The van der Waals surface area contributed by atoms with Gasteiger partial charge >= 0.3 is 0 Å². The van der Waals surface area contributed by atoms with Crippen LogP contribution in [0.5, 0.6) is 0 Å². The first kappa shape index (κ1) is 23.3. The summed E-state index contributed by atoms with van der Waals surface area (Å²) in [6, 6.07) is 15.4. The fraction of sp³-hybridized carbons (Fsp3) is 0.125. The lowest BCUT2D eigenvalue weighted by molar-refractivity contribution is 0.0776. The number of rotatable bonds is 7. The van der Waals surface area contributed by atoms with E-state index in [0.29, 0.717) is 33.0 Å². The summed E-state index contributed by atoms with van der Waals surface area (Å²) in [7, 11) is 1.73. The lowest BCUT2D eigenvalue weighted by Crippen LogP contribution is -2.28. The van der Waals surface area contributed by atoms with E-state index < -0.39 is 0 Å². The number of thioether (sulfide) groups is 1. The third kappa shape index (κ3) is 5.38. The minimum Gasteiger partial charge on any atom is -0.336 e. The number of benzene rings is 2. The van der Waals surface area contributed by atoms with Gasteiger partial charge < -0.3 is 4.90 Å². The zero-order chi connectivity index (χ0) is 23.4. The highest BCUT2D eigenvalue weighted by Crippen LogP contribution is 2.31. The van der Waals surface area contributed by atoms with Crippen molar-refractivity contribution < 1.29 is 9.18 Å². The largest absolute Gasteiger partial charge is 0.336 e. The minimum absolute atomic E-state index is 0.204. The first-order chi connectivity index (χ1) is 15.9. The van der Waals surface area contributed by atoms with Crippen LogP contribution < -0.4 is 0 Å². The Kier molecular flexibility index (Phi) is 7.33. The maximum atomic E-state index is 14.3. The predicted molar refractivity (Wildman–Crippen MR) is 130 cm³/mol. The van der Waals surface area contributed by atoms with Gasteiger partial charge in [0, 0.05) is 53.0 Å². The molecule has 4 aromatic rings. The number of carbonyl (C=O) groups excluding carboxylic acids is 1. The number of pyridine rings is 1. The van der Waals surface area contributed by atoms with Crippen LogP contribution in [0.4, 0.5) is 4.39 Å². The Bertz CT molecular complexity index is 1250. The van der Waals surface area contributed by atoms with Gasteiger partial charge in [0.1, 0.15) is 11.5 Å². The number of hydrogen-bond acceptors (Lipinski definition) is 4. The predicted octanol–water partition coefficient (Wildman–Crippen LogP) is 6.28. The molecule has 0 saturated carbocycles. The molecule has 5 nitrogen and oxygen atoms in total.